The lowest BCUT2D eigenvalue weighted by Crippen LogP contribution is -2.63. The Hall–Kier alpha value is -0.0231. The average molecular weight is 355 g/mol. The molecular weight excluding hydrogens is 312 g/mol. The summed E-state index contributed by atoms with van der Waals surface area (Å²) in [6, 6.07) is 0. The normalized spacial score (nSPS) is 11.5. The molecule has 0 aromatic heterocycles. The summed E-state index contributed by atoms with van der Waals surface area (Å²) in [5, 5.41) is 0. The molecule has 0 radical (unpaired) electrons. The standard InChI is InChI=1S/C16H36N.H3N.H2O4Si/c1-5-9-13-17(14-10-6-2,15-11-7-3)16-12-8-4;;1-5(2,3)4/h5-16H2,1-4H3;1H3;1-2H/q+1;;-2/p+1. The second-order valence-electron chi connectivity index (χ2n) is 6.20. The van der Waals surface area contributed by atoms with Gasteiger partial charge in [-0.25, -0.2) is 0 Å². The third-order valence-electron chi connectivity index (χ3n) is 3.94. The molecule has 0 fully saturated rings. The average Bonchev–Trinajstić information content (AvgIpc) is 2.44. The molecule has 0 aromatic rings. The molecule has 0 aliphatic carbocycles. The van der Waals surface area contributed by atoms with E-state index < -0.39 is 9.05 Å². The van der Waals surface area contributed by atoms with Crippen molar-refractivity contribution >= 4 is 9.05 Å². The van der Waals surface area contributed by atoms with Crippen molar-refractivity contribution in [2.24, 2.45) is 0 Å². The number of rotatable bonds is 12. The highest BCUT2D eigenvalue weighted by Crippen LogP contribution is 2.16. The molecule has 0 aliphatic rings. The van der Waals surface area contributed by atoms with E-state index in [1.54, 1.807) is 0 Å². The molecule has 7 heteroatoms. The molecule has 0 aromatic carbocycles. The third kappa shape index (κ3) is 22.0. The van der Waals surface area contributed by atoms with Crippen molar-refractivity contribution in [3.63, 3.8) is 0 Å². The Balaban J connectivity index is -0.000000578. The summed E-state index contributed by atoms with van der Waals surface area (Å²) in [5.74, 6) is 0. The van der Waals surface area contributed by atoms with E-state index in [-0.39, 0.29) is 6.15 Å². The second kappa shape index (κ2) is 16.8. The van der Waals surface area contributed by atoms with Gasteiger partial charge < -0.3 is 29.8 Å². The van der Waals surface area contributed by atoms with Crippen LogP contribution in [0.25, 0.3) is 0 Å². The summed E-state index contributed by atoms with van der Waals surface area (Å²) in [4.78, 5) is 31.8. The molecule has 23 heavy (non-hydrogen) atoms. The Morgan fingerprint density at radius 3 is 0.957 bits per heavy atom. The fourth-order valence-corrected chi connectivity index (χ4v) is 2.64. The summed E-state index contributed by atoms with van der Waals surface area (Å²) in [5.41, 5.74) is 0. The zero-order valence-electron chi connectivity index (χ0n) is 16.1. The van der Waals surface area contributed by atoms with Crippen LogP contribution >= 0.6 is 0 Å². The van der Waals surface area contributed by atoms with E-state index in [0.29, 0.717) is 0 Å². The van der Waals surface area contributed by atoms with Gasteiger partial charge in [0.1, 0.15) is 9.05 Å². The maximum Gasteiger partial charge on any atom is 0.140 e. The fourth-order valence-electron chi connectivity index (χ4n) is 2.64. The molecule has 0 saturated heterocycles. The van der Waals surface area contributed by atoms with Crippen molar-refractivity contribution < 1.29 is 23.7 Å². The molecule has 0 atom stereocenters. The van der Waals surface area contributed by atoms with E-state index in [0.717, 1.165) is 0 Å². The van der Waals surface area contributed by atoms with Gasteiger partial charge in [-0.15, -0.1) is 0 Å². The predicted octanol–water partition coefficient (Wildman–Crippen LogP) is 1.51. The molecule has 6 nitrogen and oxygen atoms in total. The van der Waals surface area contributed by atoms with Gasteiger partial charge in [0.2, 0.25) is 0 Å². The minimum absolute atomic E-state index is 0. The van der Waals surface area contributed by atoms with Crippen LogP contribution in [-0.2, 0) is 0 Å². The lowest BCUT2D eigenvalue weighted by molar-refractivity contribution is -0.929. The molecule has 0 saturated carbocycles. The van der Waals surface area contributed by atoms with Gasteiger partial charge in [0.25, 0.3) is 0 Å². The maximum atomic E-state index is 8.80. The quantitative estimate of drug-likeness (QED) is 0.363. The Bertz CT molecular complexity index is 195. The number of quaternary nitrogens is 2. The molecule has 144 valence electrons. The van der Waals surface area contributed by atoms with Crippen LogP contribution in [0.15, 0.2) is 0 Å². The van der Waals surface area contributed by atoms with Crippen LogP contribution < -0.4 is 15.7 Å². The van der Waals surface area contributed by atoms with Crippen LogP contribution in [0.4, 0.5) is 0 Å². The first-order valence-corrected chi connectivity index (χ1v) is 10.7. The molecule has 0 amide bonds. The van der Waals surface area contributed by atoms with Gasteiger partial charge in [0, 0.05) is 0 Å². The van der Waals surface area contributed by atoms with Crippen LogP contribution in [0.3, 0.4) is 0 Å². The van der Waals surface area contributed by atoms with E-state index in [9.17, 15) is 0 Å². The second-order valence-corrected chi connectivity index (χ2v) is 7.30. The van der Waals surface area contributed by atoms with Crippen molar-refractivity contribution in [3.05, 3.63) is 0 Å². The molecule has 0 spiro atoms. The maximum absolute atomic E-state index is 8.80. The van der Waals surface area contributed by atoms with Crippen molar-refractivity contribution in [1.82, 2.24) is 6.15 Å². The van der Waals surface area contributed by atoms with Gasteiger partial charge in [-0.2, -0.15) is 0 Å². The summed E-state index contributed by atoms with van der Waals surface area (Å²) >= 11 is 0. The fraction of sp³-hybridized carbons (Fsp3) is 1.00. The molecule has 6 N–H and O–H groups in total. The molecular formula is C16H42N2O4Si. The van der Waals surface area contributed by atoms with Crippen LogP contribution in [0.5, 0.6) is 0 Å². The number of hydrogen-bond acceptors (Lipinski definition) is 4. The SMILES string of the molecule is CCCC[N+](CCCC)(CCCC)CCCC.[NH4+].[O-][Si]([O-])(O)O. The lowest BCUT2D eigenvalue weighted by Gasteiger charge is -2.39. The molecule has 0 rings (SSSR count). The Kier molecular flexibility index (Phi) is 20.3. The van der Waals surface area contributed by atoms with Crippen LogP contribution in [0, 0.1) is 0 Å². The summed E-state index contributed by atoms with van der Waals surface area (Å²) in [6.45, 7) is 15.0. The monoisotopic (exact) mass is 354 g/mol. The van der Waals surface area contributed by atoms with Gasteiger partial charge in [-0.1, -0.05) is 53.4 Å². The Labute approximate surface area is 144 Å². The molecule has 0 aliphatic heterocycles. The van der Waals surface area contributed by atoms with E-state index in [4.69, 9.17) is 19.2 Å². The van der Waals surface area contributed by atoms with Gasteiger partial charge in [0.15, 0.2) is 0 Å². The summed E-state index contributed by atoms with van der Waals surface area (Å²) < 4.78 is 1.42. The van der Waals surface area contributed by atoms with Crippen molar-refractivity contribution in [3.8, 4) is 0 Å². The summed E-state index contributed by atoms with van der Waals surface area (Å²) in [6.07, 6.45) is 11.1. The molecule has 0 bridgehead atoms. The highest BCUT2D eigenvalue weighted by Gasteiger charge is 2.24. The smallest absolute Gasteiger partial charge is 0.140 e. The van der Waals surface area contributed by atoms with Gasteiger partial charge in [-0.3, -0.25) is 0 Å². The number of hydrogen-bond donors (Lipinski definition) is 3. The minimum Gasteiger partial charge on any atom is -0.828 e. The number of nitrogens with zero attached hydrogens (tertiary/aromatic N) is 1. The zero-order chi connectivity index (χ0) is 17.5. The molecule has 0 unspecified atom stereocenters. The first kappa shape index (κ1) is 27.8. The van der Waals surface area contributed by atoms with Crippen LogP contribution in [-0.4, -0.2) is 49.3 Å². The third-order valence-corrected chi connectivity index (χ3v) is 3.94. The van der Waals surface area contributed by atoms with Gasteiger partial charge in [-0.05, 0) is 25.7 Å². The van der Waals surface area contributed by atoms with E-state index in [1.807, 2.05) is 0 Å². The molecule has 0 heterocycles. The van der Waals surface area contributed by atoms with E-state index >= 15 is 0 Å². The highest BCUT2D eigenvalue weighted by atomic mass is 28.4. The van der Waals surface area contributed by atoms with Crippen molar-refractivity contribution in [2.75, 3.05) is 26.2 Å². The Morgan fingerprint density at radius 1 is 0.652 bits per heavy atom. The van der Waals surface area contributed by atoms with Crippen LogP contribution in [0.1, 0.15) is 79.1 Å². The van der Waals surface area contributed by atoms with E-state index in [1.165, 1.54) is 82.0 Å². The minimum atomic E-state index is -5.11. The van der Waals surface area contributed by atoms with Crippen molar-refractivity contribution in [2.45, 2.75) is 79.1 Å². The number of unbranched alkanes of at least 4 members (excludes halogenated alkanes) is 4. The van der Waals surface area contributed by atoms with Crippen molar-refractivity contribution in [1.29, 1.82) is 0 Å². The van der Waals surface area contributed by atoms with Gasteiger partial charge in [0.05, 0.1) is 26.2 Å². The van der Waals surface area contributed by atoms with Gasteiger partial charge >= 0.3 is 0 Å². The highest BCUT2D eigenvalue weighted by molar-refractivity contribution is 6.42. The van der Waals surface area contributed by atoms with Crippen LogP contribution in [0.2, 0.25) is 0 Å². The van der Waals surface area contributed by atoms with E-state index in [2.05, 4.69) is 27.7 Å². The Morgan fingerprint density at radius 2 is 0.826 bits per heavy atom. The lowest BCUT2D eigenvalue weighted by atomic mass is 10.1. The first-order chi connectivity index (χ1) is 10.2. The predicted molar refractivity (Wildman–Crippen MR) is 95.5 cm³/mol. The largest absolute Gasteiger partial charge is 0.828 e. The summed E-state index contributed by atoms with van der Waals surface area (Å²) in [7, 11) is -5.11. The first-order valence-electron chi connectivity index (χ1n) is 8.95. The topological polar surface area (TPSA) is 123 Å². The zero-order valence-corrected chi connectivity index (χ0v) is 17.1.